The van der Waals surface area contributed by atoms with Gasteiger partial charge in [-0.15, -0.1) is 0 Å². The molecule has 11 heteroatoms. The number of primary amides is 1. The summed E-state index contributed by atoms with van der Waals surface area (Å²) in [6.07, 6.45) is -0.110. The molecule has 3 atom stereocenters. The van der Waals surface area contributed by atoms with E-state index in [1.54, 1.807) is 33.8 Å². The summed E-state index contributed by atoms with van der Waals surface area (Å²) in [5.74, 6) is -2.10. The van der Waals surface area contributed by atoms with E-state index in [1.807, 2.05) is 32.9 Å². The Balaban J connectivity index is 3.65. The predicted molar refractivity (Wildman–Crippen MR) is 160 cm³/mol. The van der Waals surface area contributed by atoms with Gasteiger partial charge in [0.15, 0.2) is 0 Å². The van der Waals surface area contributed by atoms with Gasteiger partial charge in [0.05, 0.1) is 19.4 Å². The second kappa shape index (κ2) is 16.7. The standard InChI is InChI=1S/C31H50N4O7/c1-10-41-26(37)15-16-33-28(38)27(23-14-12-20(4)17-21(23)5)35(22(6)13-11-19(2)3)29(39)24(18-25(32)36)34-30(40)42-31(7,8)9/h12,14,17,19,22,24,27H,10-11,13,15-16,18H2,1-9H3,(H2,32,36)(H,33,38)(H,34,40). The molecule has 0 spiro atoms. The van der Waals surface area contributed by atoms with Crippen LogP contribution in [0, 0.1) is 19.8 Å². The lowest BCUT2D eigenvalue weighted by molar-refractivity contribution is -0.146. The highest BCUT2D eigenvalue weighted by molar-refractivity contribution is 5.95. The fraction of sp³-hybridized carbons (Fsp3) is 0.645. The summed E-state index contributed by atoms with van der Waals surface area (Å²) < 4.78 is 10.3. The van der Waals surface area contributed by atoms with Gasteiger partial charge in [-0.05, 0) is 78.4 Å². The molecule has 0 bridgehead atoms. The van der Waals surface area contributed by atoms with E-state index < -0.39 is 59.9 Å². The van der Waals surface area contributed by atoms with Crippen molar-refractivity contribution >= 4 is 29.8 Å². The van der Waals surface area contributed by atoms with Gasteiger partial charge >= 0.3 is 12.1 Å². The lowest BCUT2D eigenvalue weighted by Gasteiger charge is -2.39. The van der Waals surface area contributed by atoms with Crippen LogP contribution in [0.15, 0.2) is 18.2 Å². The van der Waals surface area contributed by atoms with Gasteiger partial charge in [-0.2, -0.15) is 0 Å². The van der Waals surface area contributed by atoms with E-state index in [0.29, 0.717) is 17.9 Å². The van der Waals surface area contributed by atoms with Crippen molar-refractivity contribution in [3.63, 3.8) is 0 Å². The Kier molecular flexibility index (Phi) is 14.5. The number of alkyl carbamates (subject to hydrolysis) is 1. The first-order valence-corrected chi connectivity index (χ1v) is 14.6. The highest BCUT2D eigenvalue weighted by Gasteiger charge is 2.40. The van der Waals surface area contributed by atoms with Crippen LogP contribution in [0.25, 0.3) is 0 Å². The van der Waals surface area contributed by atoms with E-state index in [4.69, 9.17) is 15.2 Å². The number of nitrogens with zero attached hydrogens (tertiary/aromatic N) is 1. The zero-order valence-electron chi connectivity index (χ0n) is 26.7. The molecule has 236 valence electrons. The molecule has 0 aliphatic heterocycles. The maximum absolute atomic E-state index is 14.3. The summed E-state index contributed by atoms with van der Waals surface area (Å²) in [6, 6.07) is 2.58. The number of esters is 1. The van der Waals surface area contributed by atoms with Crippen molar-refractivity contribution in [2.24, 2.45) is 11.7 Å². The van der Waals surface area contributed by atoms with Crippen molar-refractivity contribution < 1.29 is 33.4 Å². The van der Waals surface area contributed by atoms with Gasteiger partial charge < -0.3 is 30.7 Å². The molecule has 3 unspecified atom stereocenters. The van der Waals surface area contributed by atoms with Crippen LogP contribution < -0.4 is 16.4 Å². The number of benzene rings is 1. The van der Waals surface area contributed by atoms with Crippen LogP contribution in [0.2, 0.25) is 0 Å². The Labute approximate surface area is 250 Å². The van der Waals surface area contributed by atoms with Crippen LogP contribution in [0.3, 0.4) is 0 Å². The highest BCUT2D eigenvalue weighted by atomic mass is 16.6. The molecule has 0 aliphatic carbocycles. The molecule has 42 heavy (non-hydrogen) atoms. The molecule has 0 aromatic heterocycles. The monoisotopic (exact) mass is 590 g/mol. The summed E-state index contributed by atoms with van der Waals surface area (Å²) >= 11 is 0. The maximum atomic E-state index is 14.3. The van der Waals surface area contributed by atoms with Crippen LogP contribution in [0.1, 0.15) is 96.9 Å². The fourth-order valence-corrected chi connectivity index (χ4v) is 4.51. The number of ether oxygens (including phenoxy) is 2. The van der Waals surface area contributed by atoms with E-state index in [1.165, 1.54) is 4.90 Å². The molecule has 0 aliphatic rings. The number of nitrogens with two attached hydrogens (primary N) is 1. The molecule has 1 aromatic carbocycles. The summed E-state index contributed by atoms with van der Waals surface area (Å²) in [5, 5.41) is 5.28. The Morgan fingerprint density at radius 2 is 1.67 bits per heavy atom. The van der Waals surface area contributed by atoms with Gasteiger partial charge in [-0.25, -0.2) is 4.79 Å². The fourth-order valence-electron chi connectivity index (χ4n) is 4.51. The molecule has 0 saturated heterocycles. The normalized spacial score (nSPS) is 13.5. The van der Waals surface area contributed by atoms with Crippen LogP contribution in [0.4, 0.5) is 4.79 Å². The second-order valence-corrected chi connectivity index (χ2v) is 12.0. The Morgan fingerprint density at radius 1 is 1.02 bits per heavy atom. The number of amides is 4. The molecule has 1 aromatic rings. The summed E-state index contributed by atoms with van der Waals surface area (Å²) in [5.41, 5.74) is 6.97. The van der Waals surface area contributed by atoms with Gasteiger partial charge in [0, 0.05) is 12.6 Å². The van der Waals surface area contributed by atoms with Gasteiger partial charge in [-0.3, -0.25) is 19.2 Å². The van der Waals surface area contributed by atoms with Gasteiger partial charge in [0.2, 0.25) is 17.7 Å². The van der Waals surface area contributed by atoms with Crippen molar-refractivity contribution in [3.8, 4) is 0 Å². The molecule has 0 saturated carbocycles. The largest absolute Gasteiger partial charge is 0.466 e. The number of nitrogens with one attached hydrogen (secondary N) is 2. The third-order valence-electron chi connectivity index (χ3n) is 6.47. The zero-order valence-corrected chi connectivity index (χ0v) is 26.7. The van der Waals surface area contributed by atoms with Gasteiger partial charge in [0.25, 0.3) is 0 Å². The molecular weight excluding hydrogens is 540 g/mol. The summed E-state index contributed by atoms with van der Waals surface area (Å²) in [4.78, 5) is 66.3. The van der Waals surface area contributed by atoms with Crippen molar-refractivity contribution in [2.45, 2.75) is 112 Å². The first-order valence-electron chi connectivity index (χ1n) is 14.6. The number of aryl methyl sites for hydroxylation is 2. The van der Waals surface area contributed by atoms with E-state index in [2.05, 4.69) is 24.5 Å². The van der Waals surface area contributed by atoms with Crippen LogP contribution in [-0.2, 0) is 28.7 Å². The molecule has 11 nitrogen and oxygen atoms in total. The van der Waals surface area contributed by atoms with Crippen molar-refractivity contribution in [1.29, 1.82) is 0 Å². The van der Waals surface area contributed by atoms with Crippen molar-refractivity contribution in [3.05, 3.63) is 34.9 Å². The number of carbonyl (C=O) groups is 5. The minimum absolute atomic E-state index is 0.00234. The SMILES string of the molecule is CCOC(=O)CCNC(=O)C(c1ccc(C)cc1C)N(C(=O)C(CC(N)=O)NC(=O)OC(C)(C)C)C(C)CCC(C)C. The number of hydrogen-bond donors (Lipinski definition) is 3. The number of hydrogen-bond acceptors (Lipinski definition) is 7. The van der Waals surface area contributed by atoms with E-state index in [0.717, 1.165) is 17.5 Å². The number of rotatable bonds is 15. The number of carbonyl (C=O) groups excluding carboxylic acids is 5. The molecule has 1 rings (SSSR count). The molecule has 0 radical (unpaired) electrons. The minimum Gasteiger partial charge on any atom is -0.466 e. The lowest BCUT2D eigenvalue weighted by Crippen LogP contribution is -2.56. The molecule has 4 N–H and O–H groups in total. The summed E-state index contributed by atoms with van der Waals surface area (Å²) in [7, 11) is 0. The van der Waals surface area contributed by atoms with Crippen LogP contribution in [0.5, 0.6) is 0 Å². The Hall–Kier alpha value is -3.63. The van der Waals surface area contributed by atoms with E-state index in [-0.39, 0.29) is 19.6 Å². The van der Waals surface area contributed by atoms with Crippen LogP contribution in [-0.4, -0.2) is 65.5 Å². The zero-order chi connectivity index (χ0) is 32.2. The molecule has 0 heterocycles. The van der Waals surface area contributed by atoms with E-state index >= 15 is 0 Å². The second-order valence-electron chi connectivity index (χ2n) is 12.0. The summed E-state index contributed by atoms with van der Waals surface area (Å²) in [6.45, 7) is 16.7. The third-order valence-corrected chi connectivity index (χ3v) is 6.47. The quantitative estimate of drug-likeness (QED) is 0.262. The van der Waals surface area contributed by atoms with Gasteiger partial charge in [-0.1, -0.05) is 37.6 Å². The van der Waals surface area contributed by atoms with Crippen LogP contribution >= 0.6 is 0 Å². The minimum atomic E-state index is -1.38. The average Bonchev–Trinajstić information content (AvgIpc) is 2.84. The first kappa shape index (κ1) is 36.4. The van der Waals surface area contributed by atoms with Crippen molar-refractivity contribution in [1.82, 2.24) is 15.5 Å². The highest BCUT2D eigenvalue weighted by Crippen LogP contribution is 2.30. The lowest BCUT2D eigenvalue weighted by atomic mass is 9.93. The topological polar surface area (TPSA) is 157 Å². The smallest absolute Gasteiger partial charge is 0.408 e. The Morgan fingerprint density at radius 3 is 2.19 bits per heavy atom. The van der Waals surface area contributed by atoms with Crippen molar-refractivity contribution in [2.75, 3.05) is 13.2 Å². The first-order chi connectivity index (χ1) is 19.5. The average molecular weight is 591 g/mol. The predicted octanol–water partition coefficient (Wildman–Crippen LogP) is 3.84. The van der Waals surface area contributed by atoms with E-state index in [9.17, 15) is 24.0 Å². The molecular formula is C31H50N4O7. The van der Waals surface area contributed by atoms with Gasteiger partial charge in [0.1, 0.15) is 17.7 Å². The Bertz CT molecular complexity index is 1100. The third kappa shape index (κ3) is 12.5. The molecule has 0 fully saturated rings. The maximum Gasteiger partial charge on any atom is 0.408 e. The molecule has 4 amide bonds.